The molecule has 0 aliphatic carbocycles. The van der Waals surface area contributed by atoms with Gasteiger partial charge in [0.05, 0.1) is 0 Å². The second-order valence-corrected chi connectivity index (χ2v) is 5.73. The fourth-order valence-electron chi connectivity index (χ4n) is 2.09. The molecule has 0 spiro atoms. The van der Waals surface area contributed by atoms with Crippen LogP contribution in [0.2, 0.25) is 0 Å². The van der Waals surface area contributed by atoms with Gasteiger partial charge in [0.15, 0.2) is 0 Å². The van der Waals surface area contributed by atoms with Gasteiger partial charge in [0.1, 0.15) is 0 Å². The van der Waals surface area contributed by atoms with Gasteiger partial charge in [-0.15, -0.1) is 0 Å². The maximum atomic E-state index is 11.9. The normalized spacial score (nSPS) is 22.2. The zero-order valence-corrected chi connectivity index (χ0v) is 11.1. The second-order valence-electron chi connectivity index (χ2n) is 5.73. The molecule has 1 rings (SSSR count). The average Bonchev–Trinajstić information content (AvgIpc) is 2.18. The molecule has 1 heterocycles. The van der Waals surface area contributed by atoms with E-state index in [4.69, 9.17) is 0 Å². The quantitative estimate of drug-likeness (QED) is 0.776. The largest absolute Gasteiger partial charge is 0.342 e. The highest BCUT2D eigenvalue weighted by Gasteiger charge is 2.25. The minimum atomic E-state index is 0.321. The summed E-state index contributed by atoms with van der Waals surface area (Å²) >= 11 is 0. The molecule has 1 aliphatic rings. The molecule has 3 nitrogen and oxygen atoms in total. The second kappa shape index (κ2) is 6.24. The lowest BCUT2D eigenvalue weighted by atomic mass is 10.0. The third kappa shape index (κ3) is 4.52. The van der Waals surface area contributed by atoms with Gasteiger partial charge in [0.25, 0.3) is 0 Å². The SMILES string of the molecule is CC(C)CNC1CCN(CC(C)C)C(=O)C1. The highest BCUT2D eigenvalue weighted by molar-refractivity contribution is 5.77. The van der Waals surface area contributed by atoms with Crippen molar-refractivity contribution in [1.29, 1.82) is 0 Å². The fourth-order valence-corrected chi connectivity index (χ4v) is 2.09. The van der Waals surface area contributed by atoms with Crippen molar-refractivity contribution in [3.63, 3.8) is 0 Å². The average molecular weight is 226 g/mol. The number of rotatable bonds is 5. The minimum Gasteiger partial charge on any atom is -0.342 e. The molecule has 16 heavy (non-hydrogen) atoms. The predicted molar refractivity (Wildman–Crippen MR) is 67.3 cm³/mol. The first-order chi connectivity index (χ1) is 7.49. The summed E-state index contributed by atoms with van der Waals surface area (Å²) in [5, 5.41) is 3.48. The molecule has 1 amide bonds. The first kappa shape index (κ1) is 13.5. The highest BCUT2D eigenvalue weighted by Crippen LogP contribution is 2.13. The van der Waals surface area contributed by atoms with Gasteiger partial charge < -0.3 is 10.2 Å². The van der Waals surface area contributed by atoms with E-state index in [1.165, 1.54) is 0 Å². The van der Waals surface area contributed by atoms with Crippen LogP contribution in [0, 0.1) is 11.8 Å². The van der Waals surface area contributed by atoms with Gasteiger partial charge in [-0.05, 0) is 24.8 Å². The number of amides is 1. The maximum Gasteiger partial charge on any atom is 0.224 e. The molecule has 1 N–H and O–H groups in total. The van der Waals surface area contributed by atoms with Crippen molar-refractivity contribution in [2.24, 2.45) is 11.8 Å². The van der Waals surface area contributed by atoms with E-state index in [9.17, 15) is 4.79 Å². The summed E-state index contributed by atoms with van der Waals surface area (Å²) in [7, 11) is 0. The molecule has 0 aromatic heterocycles. The van der Waals surface area contributed by atoms with E-state index in [1.807, 2.05) is 4.90 Å². The summed E-state index contributed by atoms with van der Waals surface area (Å²) < 4.78 is 0. The van der Waals surface area contributed by atoms with Gasteiger partial charge >= 0.3 is 0 Å². The molecular formula is C13H26N2O. The van der Waals surface area contributed by atoms with E-state index < -0.39 is 0 Å². The lowest BCUT2D eigenvalue weighted by molar-refractivity contribution is -0.134. The van der Waals surface area contributed by atoms with E-state index in [0.29, 0.717) is 30.2 Å². The zero-order chi connectivity index (χ0) is 12.1. The molecule has 0 saturated carbocycles. The molecule has 1 saturated heterocycles. The summed E-state index contributed by atoms with van der Waals surface area (Å²) in [5.41, 5.74) is 0. The Hall–Kier alpha value is -0.570. The van der Waals surface area contributed by atoms with Crippen LogP contribution in [0.5, 0.6) is 0 Å². The third-order valence-electron chi connectivity index (χ3n) is 2.92. The van der Waals surface area contributed by atoms with Crippen molar-refractivity contribution in [1.82, 2.24) is 10.2 Å². The number of nitrogens with one attached hydrogen (secondary N) is 1. The topological polar surface area (TPSA) is 32.3 Å². The molecule has 0 radical (unpaired) electrons. The summed E-state index contributed by atoms with van der Waals surface area (Å²) in [4.78, 5) is 13.9. The number of carbonyl (C=O) groups excluding carboxylic acids is 1. The van der Waals surface area contributed by atoms with Crippen molar-refractivity contribution in [3.8, 4) is 0 Å². The molecule has 3 heteroatoms. The van der Waals surface area contributed by atoms with Crippen LogP contribution in [0.25, 0.3) is 0 Å². The van der Waals surface area contributed by atoms with Crippen molar-refractivity contribution >= 4 is 5.91 Å². The van der Waals surface area contributed by atoms with Crippen LogP contribution < -0.4 is 5.32 Å². The van der Waals surface area contributed by atoms with Gasteiger partial charge in [-0.3, -0.25) is 4.79 Å². The monoisotopic (exact) mass is 226 g/mol. The Morgan fingerprint density at radius 3 is 2.50 bits per heavy atom. The summed E-state index contributed by atoms with van der Waals surface area (Å²) in [6.45, 7) is 11.6. The Labute approximate surface area is 99.6 Å². The standard InChI is InChI=1S/C13H26N2O/c1-10(2)8-14-12-5-6-15(9-11(3)4)13(16)7-12/h10-12,14H,5-9H2,1-4H3. The molecule has 1 aliphatic heterocycles. The lowest BCUT2D eigenvalue weighted by Gasteiger charge is -2.33. The maximum absolute atomic E-state index is 11.9. The highest BCUT2D eigenvalue weighted by atomic mass is 16.2. The van der Waals surface area contributed by atoms with E-state index >= 15 is 0 Å². The smallest absolute Gasteiger partial charge is 0.224 e. The van der Waals surface area contributed by atoms with Crippen LogP contribution in [0.3, 0.4) is 0 Å². The van der Waals surface area contributed by atoms with E-state index in [1.54, 1.807) is 0 Å². The summed E-state index contributed by atoms with van der Waals surface area (Å²) in [6.07, 6.45) is 1.78. The van der Waals surface area contributed by atoms with Crippen molar-refractivity contribution in [3.05, 3.63) is 0 Å². The molecule has 1 unspecified atom stereocenters. The van der Waals surface area contributed by atoms with E-state index in [0.717, 1.165) is 26.1 Å². The molecule has 0 aromatic carbocycles. The van der Waals surface area contributed by atoms with Crippen molar-refractivity contribution < 1.29 is 4.79 Å². The number of piperidine rings is 1. The molecule has 94 valence electrons. The van der Waals surface area contributed by atoms with Crippen LogP contribution in [0.1, 0.15) is 40.5 Å². The van der Waals surface area contributed by atoms with E-state index in [-0.39, 0.29) is 0 Å². The van der Waals surface area contributed by atoms with E-state index in [2.05, 4.69) is 33.0 Å². The van der Waals surface area contributed by atoms with Gasteiger partial charge in [0.2, 0.25) is 5.91 Å². The Morgan fingerprint density at radius 2 is 2.00 bits per heavy atom. The third-order valence-corrected chi connectivity index (χ3v) is 2.92. The van der Waals surface area contributed by atoms with Crippen LogP contribution in [0.15, 0.2) is 0 Å². The summed E-state index contributed by atoms with van der Waals surface area (Å²) in [6, 6.07) is 0.401. The number of hydrogen-bond donors (Lipinski definition) is 1. The van der Waals surface area contributed by atoms with Crippen LogP contribution >= 0.6 is 0 Å². The number of hydrogen-bond acceptors (Lipinski definition) is 2. The van der Waals surface area contributed by atoms with Gasteiger partial charge in [-0.2, -0.15) is 0 Å². The number of nitrogens with zero attached hydrogens (tertiary/aromatic N) is 1. The van der Waals surface area contributed by atoms with Gasteiger partial charge in [-0.25, -0.2) is 0 Å². The molecule has 0 bridgehead atoms. The lowest BCUT2D eigenvalue weighted by Crippen LogP contribution is -2.47. The summed E-state index contributed by atoms with van der Waals surface area (Å²) in [5.74, 6) is 1.55. The minimum absolute atomic E-state index is 0.321. The first-order valence-corrected chi connectivity index (χ1v) is 6.50. The van der Waals surface area contributed by atoms with Crippen LogP contribution in [0.4, 0.5) is 0 Å². The van der Waals surface area contributed by atoms with Crippen LogP contribution in [-0.4, -0.2) is 36.5 Å². The van der Waals surface area contributed by atoms with Crippen molar-refractivity contribution in [2.45, 2.75) is 46.6 Å². The van der Waals surface area contributed by atoms with Gasteiger partial charge in [-0.1, -0.05) is 27.7 Å². The predicted octanol–water partition coefficient (Wildman–Crippen LogP) is 1.88. The first-order valence-electron chi connectivity index (χ1n) is 6.50. The Bertz CT molecular complexity index is 226. The fraction of sp³-hybridized carbons (Fsp3) is 0.923. The van der Waals surface area contributed by atoms with Crippen LogP contribution in [-0.2, 0) is 4.79 Å². The number of carbonyl (C=O) groups is 1. The number of likely N-dealkylation sites (tertiary alicyclic amines) is 1. The molecule has 1 atom stereocenters. The Morgan fingerprint density at radius 1 is 1.31 bits per heavy atom. The van der Waals surface area contributed by atoms with Crippen molar-refractivity contribution in [2.75, 3.05) is 19.6 Å². The molecular weight excluding hydrogens is 200 g/mol. The zero-order valence-electron chi connectivity index (χ0n) is 11.1. The Kier molecular flexibility index (Phi) is 5.26. The Balaban J connectivity index is 2.31. The molecule has 1 fully saturated rings. The molecule has 0 aromatic rings. The van der Waals surface area contributed by atoms with Gasteiger partial charge in [0, 0.05) is 25.6 Å².